The zero-order valence-corrected chi connectivity index (χ0v) is 20.9. The van der Waals surface area contributed by atoms with Gasteiger partial charge in [0, 0.05) is 50.3 Å². The number of H-pyrrole nitrogens is 1. The van der Waals surface area contributed by atoms with E-state index in [0.29, 0.717) is 37.5 Å². The third-order valence-corrected chi connectivity index (χ3v) is 8.21. The minimum atomic E-state index is -3.93. The van der Waals surface area contributed by atoms with E-state index in [-0.39, 0.29) is 15.8 Å². The summed E-state index contributed by atoms with van der Waals surface area (Å²) < 4.78 is 33.1. The molecule has 0 atom stereocenters. The fourth-order valence-corrected chi connectivity index (χ4v) is 5.21. The van der Waals surface area contributed by atoms with Gasteiger partial charge in [0.1, 0.15) is 5.56 Å². The molecule has 3 aromatic rings. The standard InChI is InChI=1S/C25H30N4O5S/c1-17-4-5-19(14-18(17)2)28(3)35(32,33)20-6-7-23-21(15-20)24(30)22(16-27-23)25(31)26-8-9-29-10-12-34-13-11-29/h4-7,14-16H,8-13H2,1-3H3,(H,26,31)(H,27,30). The summed E-state index contributed by atoms with van der Waals surface area (Å²) in [6.07, 6.45) is 1.37. The smallest absolute Gasteiger partial charge is 0.264 e. The van der Waals surface area contributed by atoms with Crippen molar-refractivity contribution >= 4 is 32.5 Å². The van der Waals surface area contributed by atoms with Crippen LogP contribution in [-0.2, 0) is 14.8 Å². The Kier molecular flexibility index (Phi) is 7.25. The van der Waals surface area contributed by atoms with E-state index in [4.69, 9.17) is 4.74 Å². The number of nitrogens with one attached hydrogen (secondary N) is 2. The predicted octanol–water partition coefficient (Wildman–Crippen LogP) is 2.03. The first kappa shape index (κ1) is 24.9. The van der Waals surface area contributed by atoms with Gasteiger partial charge >= 0.3 is 0 Å². The predicted molar refractivity (Wildman–Crippen MR) is 136 cm³/mol. The van der Waals surface area contributed by atoms with Crippen LogP contribution in [0.5, 0.6) is 0 Å². The van der Waals surface area contributed by atoms with Crippen LogP contribution in [0.25, 0.3) is 10.9 Å². The van der Waals surface area contributed by atoms with Gasteiger partial charge in [0.05, 0.1) is 23.8 Å². The van der Waals surface area contributed by atoms with E-state index in [0.717, 1.165) is 24.2 Å². The summed E-state index contributed by atoms with van der Waals surface area (Å²) in [7, 11) is -2.45. The van der Waals surface area contributed by atoms with Crippen molar-refractivity contribution in [3.8, 4) is 0 Å². The molecule has 1 aliphatic heterocycles. The number of hydrogen-bond donors (Lipinski definition) is 2. The fraction of sp³-hybridized carbons (Fsp3) is 0.360. The van der Waals surface area contributed by atoms with Gasteiger partial charge in [0.15, 0.2) is 0 Å². The van der Waals surface area contributed by atoms with Crippen LogP contribution in [0.3, 0.4) is 0 Å². The first-order chi connectivity index (χ1) is 16.7. The number of aromatic nitrogens is 1. The van der Waals surface area contributed by atoms with Crippen molar-refractivity contribution in [2.24, 2.45) is 0 Å². The molecule has 35 heavy (non-hydrogen) atoms. The average Bonchev–Trinajstić information content (AvgIpc) is 2.86. The Morgan fingerprint density at radius 1 is 1.11 bits per heavy atom. The number of morpholine rings is 1. The minimum Gasteiger partial charge on any atom is -0.379 e. The second-order valence-electron chi connectivity index (χ2n) is 8.69. The summed E-state index contributed by atoms with van der Waals surface area (Å²) in [5.41, 5.74) is 2.43. The van der Waals surface area contributed by atoms with E-state index in [1.807, 2.05) is 19.9 Å². The number of fused-ring (bicyclic) bond motifs is 1. The van der Waals surface area contributed by atoms with Gasteiger partial charge in [-0.05, 0) is 55.3 Å². The van der Waals surface area contributed by atoms with E-state index in [9.17, 15) is 18.0 Å². The highest BCUT2D eigenvalue weighted by atomic mass is 32.2. The molecule has 4 rings (SSSR count). The lowest BCUT2D eigenvalue weighted by atomic mass is 10.1. The number of benzene rings is 2. The lowest BCUT2D eigenvalue weighted by molar-refractivity contribution is 0.0383. The number of rotatable bonds is 7. The maximum atomic E-state index is 13.3. The second kappa shape index (κ2) is 10.2. The van der Waals surface area contributed by atoms with Gasteiger partial charge in [-0.25, -0.2) is 8.42 Å². The zero-order valence-electron chi connectivity index (χ0n) is 20.1. The summed E-state index contributed by atoms with van der Waals surface area (Å²) >= 11 is 0. The molecule has 2 aromatic carbocycles. The highest BCUT2D eigenvalue weighted by Crippen LogP contribution is 2.25. The summed E-state index contributed by atoms with van der Waals surface area (Å²) in [6, 6.07) is 9.73. The van der Waals surface area contributed by atoms with Gasteiger partial charge in [-0.3, -0.25) is 18.8 Å². The topological polar surface area (TPSA) is 112 Å². The molecule has 9 nitrogen and oxygen atoms in total. The van der Waals surface area contributed by atoms with Crippen LogP contribution in [0.1, 0.15) is 21.5 Å². The van der Waals surface area contributed by atoms with Gasteiger partial charge in [0.25, 0.3) is 15.9 Å². The van der Waals surface area contributed by atoms with E-state index < -0.39 is 21.4 Å². The number of amides is 1. The number of aromatic amines is 1. The Bertz CT molecular complexity index is 1410. The normalized spacial score (nSPS) is 14.7. The van der Waals surface area contributed by atoms with Crippen molar-refractivity contribution in [3.05, 3.63) is 69.5 Å². The quantitative estimate of drug-likeness (QED) is 0.516. The SMILES string of the molecule is Cc1ccc(N(C)S(=O)(=O)c2ccc3[nH]cc(C(=O)NCCN4CCOCC4)c(=O)c3c2)cc1C. The van der Waals surface area contributed by atoms with Crippen molar-refractivity contribution in [2.45, 2.75) is 18.7 Å². The number of carbonyl (C=O) groups excluding carboxylic acids is 1. The van der Waals surface area contributed by atoms with E-state index in [1.54, 1.807) is 12.1 Å². The van der Waals surface area contributed by atoms with Crippen LogP contribution in [0.4, 0.5) is 5.69 Å². The number of hydrogen-bond acceptors (Lipinski definition) is 6. The number of anilines is 1. The molecule has 1 fully saturated rings. The Morgan fingerprint density at radius 2 is 1.86 bits per heavy atom. The van der Waals surface area contributed by atoms with Crippen molar-refractivity contribution in [2.75, 3.05) is 50.7 Å². The third-order valence-electron chi connectivity index (χ3n) is 6.43. The summed E-state index contributed by atoms with van der Waals surface area (Å²) in [5, 5.41) is 2.92. The van der Waals surface area contributed by atoms with Crippen molar-refractivity contribution in [1.82, 2.24) is 15.2 Å². The van der Waals surface area contributed by atoms with Crippen molar-refractivity contribution < 1.29 is 17.9 Å². The van der Waals surface area contributed by atoms with Crippen LogP contribution < -0.4 is 15.1 Å². The molecular weight excluding hydrogens is 468 g/mol. The lowest BCUT2D eigenvalue weighted by Gasteiger charge is -2.26. The van der Waals surface area contributed by atoms with Crippen LogP contribution in [0.2, 0.25) is 0 Å². The van der Waals surface area contributed by atoms with Crippen LogP contribution in [0, 0.1) is 13.8 Å². The lowest BCUT2D eigenvalue weighted by Crippen LogP contribution is -2.41. The van der Waals surface area contributed by atoms with Crippen LogP contribution >= 0.6 is 0 Å². The molecular formula is C25H30N4O5S. The molecule has 1 saturated heterocycles. The van der Waals surface area contributed by atoms with Crippen molar-refractivity contribution in [1.29, 1.82) is 0 Å². The number of aryl methyl sites for hydroxylation is 2. The molecule has 186 valence electrons. The Morgan fingerprint density at radius 3 is 2.57 bits per heavy atom. The number of sulfonamides is 1. The third kappa shape index (κ3) is 5.24. The zero-order chi connectivity index (χ0) is 25.2. The molecule has 0 bridgehead atoms. The highest BCUT2D eigenvalue weighted by molar-refractivity contribution is 7.92. The Balaban J connectivity index is 1.58. The maximum absolute atomic E-state index is 13.3. The Labute approximate surface area is 204 Å². The molecule has 1 aliphatic rings. The molecule has 1 aromatic heterocycles. The molecule has 0 aliphatic carbocycles. The largest absolute Gasteiger partial charge is 0.379 e. The van der Waals surface area contributed by atoms with Crippen molar-refractivity contribution in [3.63, 3.8) is 0 Å². The number of pyridine rings is 1. The van der Waals surface area contributed by atoms with Gasteiger partial charge in [0.2, 0.25) is 5.43 Å². The Hall–Kier alpha value is -3.21. The van der Waals surface area contributed by atoms with E-state index in [1.165, 1.54) is 35.7 Å². The summed E-state index contributed by atoms with van der Waals surface area (Å²) in [6.45, 7) is 7.88. The number of ether oxygens (including phenoxy) is 1. The molecule has 2 heterocycles. The summed E-state index contributed by atoms with van der Waals surface area (Å²) in [4.78, 5) is 30.9. The van der Waals surface area contributed by atoms with Crippen LogP contribution in [-0.4, -0.2) is 70.6 Å². The molecule has 0 unspecified atom stereocenters. The number of nitrogens with zero attached hydrogens (tertiary/aromatic N) is 2. The molecule has 0 spiro atoms. The molecule has 1 amide bonds. The first-order valence-corrected chi connectivity index (χ1v) is 12.9. The molecule has 2 N–H and O–H groups in total. The van der Waals surface area contributed by atoms with Gasteiger partial charge < -0.3 is 15.0 Å². The molecule has 0 saturated carbocycles. The summed E-state index contributed by atoms with van der Waals surface area (Å²) in [5.74, 6) is -0.498. The number of carbonyl (C=O) groups is 1. The van der Waals surface area contributed by atoms with Gasteiger partial charge in [-0.15, -0.1) is 0 Å². The molecule has 0 radical (unpaired) electrons. The first-order valence-electron chi connectivity index (χ1n) is 11.5. The highest BCUT2D eigenvalue weighted by Gasteiger charge is 2.23. The molecule has 10 heteroatoms. The fourth-order valence-electron chi connectivity index (χ4n) is 3.99. The maximum Gasteiger partial charge on any atom is 0.264 e. The van der Waals surface area contributed by atoms with Gasteiger partial charge in [-0.1, -0.05) is 6.07 Å². The second-order valence-corrected chi connectivity index (χ2v) is 10.7. The van der Waals surface area contributed by atoms with Gasteiger partial charge in [-0.2, -0.15) is 0 Å². The minimum absolute atomic E-state index is 0.0268. The monoisotopic (exact) mass is 498 g/mol. The van der Waals surface area contributed by atoms with E-state index in [2.05, 4.69) is 15.2 Å². The van der Waals surface area contributed by atoms with E-state index >= 15 is 0 Å². The average molecular weight is 499 g/mol. The van der Waals surface area contributed by atoms with Crippen LogP contribution in [0.15, 0.2) is 52.3 Å².